The highest BCUT2D eigenvalue weighted by atomic mass is 19.2. The second kappa shape index (κ2) is 3.02. The summed E-state index contributed by atoms with van der Waals surface area (Å²) in [5, 5.41) is 0. The van der Waals surface area contributed by atoms with Crippen LogP contribution in [0.15, 0.2) is 12.1 Å². The third kappa shape index (κ3) is 1.26. The van der Waals surface area contributed by atoms with Crippen LogP contribution in [0, 0.1) is 11.6 Å². The molecular weight excluding hydrogens is 188 g/mol. The highest BCUT2D eigenvalue weighted by Gasteiger charge is 2.13. The SMILES string of the molecule is C[C@@H](N)c1nc2c(F)c(F)ccc2[nH]1. The van der Waals surface area contributed by atoms with Gasteiger partial charge in [-0.25, -0.2) is 13.8 Å². The van der Waals surface area contributed by atoms with Crippen molar-refractivity contribution in [2.45, 2.75) is 13.0 Å². The average molecular weight is 197 g/mol. The molecule has 0 saturated heterocycles. The van der Waals surface area contributed by atoms with Gasteiger partial charge in [-0.15, -0.1) is 0 Å². The molecule has 0 saturated carbocycles. The minimum atomic E-state index is -0.939. The first-order valence-electron chi connectivity index (χ1n) is 4.19. The van der Waals surface area contributed by atoms with Gasteiger partial charge in [-0.05, 0) is 19.1 Å². The molecule has 2 aromatic rings. The van der Waals surface area contributed by atoms with E-state index in [1.807, 2.05) is 0 Å². The summed E-state index contributed by atoms with van der Waals surface area (Å²) in [5.41, 5.74) is 6.01. The van der Waals surface area contributed by atoms with Crippen molar-refractivity contribution in [3.8, 4) is 0 Å². The normalized spacial score (nSPS) is 13.4. The van der Waals surface area contributed by atoms with Crippen molar-refractivity contribution in [1.29, 1.82) is 0 Å². The smallest absolute Gasteiger partial charge is 0.186 e. The molecule has 1 aromatic carbocycles. The second-order valence-electron chi connectivity index (χ2n) is 3.17. The van der Waals surface area contributed by atoms with Crippen molar-refractivity contribution in [2.24, 2.45) is 5.73 Å². The van der Waals surface area contributed by atoms with Crippen molar-refractivity contribution in [3.63, 3.8) is 0 Å². The summed E-state index contributed by atoms with van der Waals surface area (Å²) < 4.78 is 26.0. The van der Waals surface area contributed by atoms with E-state index in [0.717, 1.165) is 6.07 Å². The van der Waals surface area contributed by atoms with Gasteiger partial charge < -0.3 is 10.7 Å². The molecule has 0 unspecified atom stereocenters. The fourth-order valence-corrected chi connectivity index (χ4v) is 1.25. The van der Waals surface area contributed by atoms with Crippen LogP contribution in [-0.4, -0.2) is 9.97 Å². The first-order chi connectivity index (χ1) is 6.59. The van der Waals surface area contributed by atoms with Crippen LogP contribution < -0.4 is 5.73 Å². The molecule has 14 heavy (non-hydrogen) atoms. The zero-order valence-electron chi connectivity index (χ0n) is 7.51. The molecule has 5 heteroatoms. The largest absolute Gasteiger partial charge is 0.341 e. The summed E-state index contributed by atoms with van der Waals surface area (Å²) in [6, 6.07) is 2.16. The maximum atomic E-state index is 13.2. The van der Waals surface area contributed by atoms with Crippen LogP contribution in [0.1, 0.15) is 18.8 Å². The molecule has 1 heterocycles. The number of nitrogens with zero attached hydrogens (tertiary/aromatic N) is 1. The van der Waals surface area contributed by atoms with Crippen molar-refractivity contribution >= 4 is 11.0 Å². The highest BCUT2D eigenvalue weighted by Crippen LogP contribution is 2.19. The van der Waals surface area contributed by atoms with E-state index in [1.54, 1.807) is 6.92 Å². The summed E-state index contributed by atoms with van der Waals surface area (Å²) in [6.07, 6.45) is 0. The predicted octanol–water partition coefficient (Wildman–Crippen LogP) is 1.86. The molecule has 2 rings (SSSR count). The summed E-state index contributed by atoms with van der Waals surface area (Å²) >= 11 is 0. The number of imidazole rings is 1. The Morgan fingerprint density at radius 1 is 1.43 bits per heavy atom. The van der Waals surface area contributed by atoms with Crippen LogP contribution >= 0.6 is 0 Å². The zero-order chi connectivity index (χ0) is 10.3. The lowest BCUT2D eigenvalue weighted by Crippen LogP contribution is -2.06. The zero-order valence-corrected chi connectivity index (χ0v) is 7.51. The van der Waals surface area contributed by atoms with E-state index in [0.29, 0.717) is 11.3 Å². The first-order valence-corrected chi connectivity index (χ1v) is 4.19. The lowest BCUT2D eigenvalue weighted by molar-refractivity contribution is 0.515. The van der Waals surface area contributed by atoms with E-state index < -0.39 is 11.6 Å². The molecule has 0 amide bonds. The number of benzene rings is 1. The Balaban J connectivity index is 2.71. The van der Waals surface area contributed by atoms with Gasteiger partial charge >= 0.3 is 0 Å². The van der Waals surface area contributed by atoms with Crippen molar-refractivity contribution in [2.75, 3.05) is 0 Å². The topological polar surface area (TPSA) is 54.7 Å². The predicted molar refractivity (Wildman–Crippen MR) is 48.6 cm³/mol. The van der Waals surface area contributed by atoms with Crippen LogP contribution in [0.25, 0.3) is 11.0 Å². The Hall–Kier alpha value is -1.49. The summed E-state index contributed by atoms with van der Waals surface area (Å²) in [5.74, 6) is -1.39. The van der Waals surface area contributed by atoms with Gasteiger partial charge in [0, 0.05) is 0 Å². The standard InChI is InChI=1S/C9H9F2N3/c1-4(12)9-13-6-3-2-5(10)7(11)8(6)14-9/h2-4H,12H2,1H3,(H,13,14)/t4-/m1/s1. The van der Waals surface area contributed by atoms with Crippen LogP contribution in [0.5, 0.6) is 0 Å². The number of aromatic amines is 1. The molecule has 1 aromatic heterocycles. The van der Waals surface area contributed by atoms with Crippen LogP contribution in [0.4, 0.5) is 8.78 Å². The van der Waals surface area contributed by atoms with E-state index in [2.05, 4.69) is 9.97 Å². The van der Waals surface area contributed by atoms with E-state index in [9.17, 15) is 8.78 Å². The number of aromatic nitrogens is 2. The number of hydrogen-bond acceptors (Lipinski definition) is 2. The number of hydrogen-bond donors (Lipinski definition) is 2. The summed E-state index contributed by atoms with van der Waals surface area (Å²) in [6.45, 7) is 1.71. The number of H-pyrrole nitrogens is 1. The van der Waals surface area contributed by atoms with Crippen LogP contribution in [0.2, 0.25) is 0 Å². The number of rotatable bonds is 1. The quantitative estimate of drug-likeness (QED) is 0.733. The Bertz CT molecular complexity index is 476. The van der Waals surface area contributed by atoms with E-state index in [1.165, 1.54) is 6.07 Å². The highest BCUT2D eigenvalue weighted by molar-refractivity contribution is 5.75. The van der Waals surface area contributed by atoms with E-state index in [-0.39, 0.29) is 11.6 Å². The molecule has 0 spiro atoms. The number of fused-ring (bicyclic) bond motifs is 1. The minimum absolute atomic E-state index is 0.00250. The molecular formula is C9H9F2N3. The average Bonchev–Trinajstić information content (AvgIpc) is 2.56. The maximum Gasteiger partial charge on any atom is 0.186 e. The van der Waals surface area contributed by atoms with Gasteiger partial charge in [0.25, 0.3) is 0 Å². The summed E-state index contributed by atoms with van der Waals surface area (Å²) in [4.78, 5) is 6.70. The number of halogens is 2. The second-order valence-corrected chi connectivity index (χ2v) is 3.17. The molecule has 74 valence electrons. The van der Waals surface area contributed by atoms with Crippen LogP contribution in [0.3, 0.4) is 0 Å². The fraction of sp³-hybridized carbons (Fsp3) is 0.222. The molecule has 0 aliphatic heterocycles. The lowest BCUT2D eigenvalue weighted by atomic mass is 10.3. The van der Waals surface area contributed by atoms with E-state index >= 15 is 0 Å². The molecule has 0 radical (unpaired) electrons. The Kier molecular flexibility index (Phi) is 1.96. The third-order valence-electron chi connectivity index (χ3n) is 2.00. The molecule has 3 nitrogen and oxygen atoms in total. The minimum Gasteiger partial charge on any atom is -0.341 e. The van der Waals surface area contributed by atoms with Gasteiger partial charge in [0.1, 0.15) is 11.3 Å². The van der Waals surface area contributed by atoms with Crippen molar-refractivity contribution in [3.05, 3.63) is 29.6 Å². The molecule has 1 atom stereocenters. The van der Waals surface area contributed by atoms with E-state index in [4.69, 9.17) is 5.73 Å². The molecule has 0 aliphatic carbocycles. The fourth-order valence-electron chi connectivity index (χ4n) is 1.25. The monoisotopic (exact) mass is 197 g/mol. The van der Waals surface area contributed by atoms with Crippen molar-refractivity contribution < 1.29 is 8.78 Å². The number of nitrogens with two attached hydrogens (primary N) is 1. The maximum absolute atomic E-state index is 13.2. The molecule has 0 aliphatic rings. The number of nitrogens with one attached hydrogen (secondary N) is 1. The molecule has 0 bridgehead atoms. The Morgan fingerprint density at radius 3 is 2.79 bits per heavy atom. The first kappa shape index (κ1) is 9.08. The van der Waals surface area contributed by atoms with Gasteiger partial charge in [0.05, 0.1) is 11.6 Å². The molecule has 0 fully saturated rings. The van der Waals surface area contributed by atoms with Crippen molar-refractivity contribution in [1.82, 2.24) is 9.97 Å². The van der Waals surface area contributed by atoms with Gasteiger partial charge in [0.15, 0.2) is 11.6 Å². The Morgan fingerprint density at radius 2 is 2.14 bits per heavy atom. The lowest BCUT2D eigenvalue weighted by Gasteiger charge is -1.96. The Labute approximate surface area is 78.9 Å². The molecule has 3 N–H and O–H groups in total. The van der Waals surface area contributed by atoms with Gasteiger partial charge in [-0.1, -0.05) is 0 Å². The van der Waals surface area contributed by atoms with Gasteiger partial charge in [0.2, 0.25) is 0 Å². The van der Waals surface area contributed by atoms with Gasteiger partial charge in [-0.2, -0.15) is 0 Å². The third-order valence-corrected chi connectivity index (χ3v) is 2.00. The summed E-state index contributed by atoms with van der Waals surface area (Å²) in [7, 11) is 0. The van der Waals surface area contributed by atoms with Crippen LogP contribution in [-0.2, 0) is 0 Å². The van der Waals surface area contributed by atoms with Gasteiger partial charge in [-0.3, -0.25) is 0 Å².